The van der Waals surface area contributed by atoms with Crippen molar-refractivity contribution in [2.75, 3.05) is 13.1 Å². The molecular formula is C13H14F3N3O2S. The fourth-order valence-electron chi connectivity index (χ4n) is 2.31. The third kappa shape index (κ3) is 2.95. The van der Waals surface area contributed by atoms with E-state index in [0.717, 1.165) is 16.4 Å². The highest BCUT2D eigenvalue weighted by atomic mass is 32.2. The molecule has 1 aromatic carbocycles. The van der Waals surface area contributed by atoms with Crippen LogP contribution in [0.15, 0.2) is 23.1 Å². The van der Waals surface area contributed by atoms with Gasteiger partial charge in [-0.3, -0.25) is 0 Å². The largest absolute Gasteiger partial charge is 0.417 e. The van der Waals surface area contributed by atoms with Crippen LogP contribution < -0.4 is 5.73 Å². The molecule has 0 unspecified atom stereocenters. The summed E-state index contributed by atoms with van der Waals surface area (Å²) < 4.78 is 64.7. The van der Waals surface area contributed by atoms with Crippen LogP contribution in [0.2, 0.25) is 0 Å². The first-order chi connectivity index (χ1) is 10.1. The van der Waals surface area contributed by atoms with E-state index in [-0.39, 0.29) is 25.0 Å². The Bertz CT molecular complexity index is 715. The van der Waals surface area contributed by atoms with Crippen molar-refractivity contribution in [3.63, 3.8) is 0 Å². The number of halogens is 3. The molecule has 9 heteroatoms. The predicted molar refractivity (Wildman–Crippen MR) is 72.1 cm³/mol. The van der Waals surface area contributed by atoms with Gasteiger partial charge in [-0.1, -0.05) is 6.92 Å². The lowest BCUT2D eigenvalue weighted by Crippen LogP contribution is -2.32. The van der Waals surface area contributed by atoms with Crippen molar-refractivity contribution < 1.29 is 21.6 Å². The van der Waals surface area contributed by atoms with Crippen molar-refractivity contribution in [3.05, 3.63) is 29.3 Å². The Labute approximate surface area is 126 Å². The average Bonchev–Trinajstić information content (AvgIpc) is 2.77. The summed E-state index contributed by atoms with van der Waals surface area (Å²) in [6.45, 7) is 2.00. The van der Waals surface area contributed by atoms with Gasteiger partial charge in [-0.2, -0.15) is 22.7 Å². The Morgan fingerprint density at radius 2 is 2.00 bits per heavy atom. The van der Waals surface area contributed by atoms with E-state index in [2.05, 4.69) is 0 Å². The van der Waals surface area contributed by atoms with Crippen LogP contribution in [0.1, 0.15) is 18.1 Å². The molecule has 2 atom stereocenters. The summed E-state index contributed by atoms with van der Waals surface area (Å²) in [5.74, 6) is -0.0738. The van der Waals surface area contributed by atoms with Crippen LogP contribution in [0, 0.1) is 17.2 Å². The minimum absolute atomic E-state index is 0.0604. The highest BCUT2D eigenvalue weighted by molar-refractivity contribution is 7.89. The van der Waals surface area contributed by atoms with Gasteiger partial charge in [0.25, 0.3) is 0 Å². The zero-order valence-corrected chi connectivity index (χ0v) is 12.4. The minimum atomic E-state index is -4.80. The quantitative estimate of drug-likeness (QED) is 0.889. The average molecular weight is 333 g/mol. The van der Waals surface area contributed by atoms with E-state index >= 15 is 0 Å². The van der Waals surface area contributed by atoms with Gasteiger partial charge in [-0.05, 0) is 24.1 Å². The molecule has 1 aliphatic heterocycles. The molecule has 22 heavy (non-hydrogen) atoms. The predicted octanol–water partition coefficient (Wildman–Crippen LogP) is 1.54. The number of nitriles is 1. The lowest BCUT2D eigenvalue weighted by atomic mass is 10.1. The molecule has 5 nitrogen and oxygen atoms in total. The maximum absolute atomic E-state index is 12.9. The SMILES string of the molecule is C[C@@H]1CN(S(=O)(=O)c2ccc(C#N)c(C(F)(F)F)c2)C[C@H]1N. The Hall–Kier alpha value is -1.63. The van der Waals surface area contributed by atoms with E-state index < -0.39 is 32.2 Å². The Balaban J connectivity index is 2.48. The van der Waals surface area contributed by atoms with Crippen LogP contribution >= 0.6 is 0 Å². The van der Waals surface area contributed by atoms with Gasteiger partial charge < -0.3 is 5.73 Å². The van der Waals surface area contributed by atoms with Gasteiger partial charge in [0.15, 0.2) is 0 Å². The zero-order valence-electron chi connectivity index (χ0n) is 11.6. The van der Waals surface area contributed by atoms with E-state index in [9.17, 15) is 21.6 Å². The van der Waals surface area contributed by atoms with Crippen LogP contribution in [0.4, 0.5) is 13.2 Å². The van der Waals surface area contributed by atoms with Crippen LogP contribution in [0.25, 0.3) is 0 Å². The third-order valence-corrected chi connectivity index (χ3v) is 5.52. The van der Waals surface area contributed by atoms with Gasteiger partial charge in [-0.25, -0.2) is 8.42 Å². The number of hydrogen-bond acceptors (Lipinski definition) is 4. The van der Waals surface area contributed by atoms with Crippen LogP contribution in [-0.2, 0) is 16.2 Å². The third-order valence-electron chi connectivity index (χ3n) is 3.69. The molecule has 0 aromatic heterocycles. The lowest BCUT2D eigenvalue weighted by molar-refractivity contribution is -0.137. The Morgan fingerprint density at radius 1 is 1.36 bits per heavy atom. The fraction of sp³-hybridized carbons (Fsp3) is 0.462. The maximum Gasteiger partial charge on any atom is 0.417 e. The second-order valence-electron chi connectivity index (χ2n) is 5.28. The van der Waals surface area contributed by atoms with Crippen molar-refractivity contribution in [2.45, 2.75) is 24.0 Å². The molecule has 1 aliphatic rings. The smallest absolute Gasteiger partial charge is 0.326 e. The number of nitrogens with zero attached hydrogens (tertiary/aromatic N) is 2. The van der Waals surface area contributed by atoms with Crippen molar-refractivity contribution >= 4 is 10.0 Å². The zero-order chi connectivity index (χ0) is 16.7. The first-order valence-corrected chi connectivity index (χ1v) is 7.88. The molecule has 0 radical (unpaired) electrons. The Morgan fingerprint density at radius 3 is 2.45 bits per heavy atom. The fourth-order valence-corrected chi connectivity index (χ4v) is 3.91. The molecular weight excluding hydrogens is 319 g/mol. The summed E-state index contributed by atoms with van der Waals surface area (Å²) in [6.07, 6.45) is -4.80. The molecule has 0 saturated carbocycles. The number of benzene rings is 1. The molecule has 1 heterocycles. The molecule has 2 rings (SSSR count). The van der Waals surface area contributed by atoms with Crippen molar-refractivity contribution in [2.24, 2.45) is 11.7 Å². The first kappa shape index (κ1) is 16.7. The summed E-state index contributed by atoms with van der Waals surface area (Å²) in [5, 5.41) is 8.73. The summed E-state index contributed by atoms with van der Waals surface area (Å²) in [4.78, 5) is -0.486. The van der Waals surface area contributed by atoms with Crippen molar-refractivity contribution in [1.82, 2.24) is 4.31 Å². The molecule has 0 aliphatic carbocycles. The maximum atomic E-state index is 12.9. The second kappa shape index (κ2) is 5.53. The van der Waals surface area contributed by atoms with Crippen LogP contribution in [0.3, 0.4) is 0 Å². The molecule has 0 bridgehead atoms. The number of alkyl halides is 3. The van der Waals surface area contributed by atoms with Crippen molar-refractivity contribution in [3.8, 4) is 6.07 Å². The monoisotopic (exact) mass is 333 g/mol. The van der Waals surface area contributed by atoms with Crippen LogP contribution in [0.5, 0.6) is 0 Å². The van der Waals surface area contributed by atoms with Gasteiger partial charge in [0.05, 0.1) is 22.1 Å². The number of rotatable bonds is 2. The van der Waals surface area contributed by atoms with E-state index in [1.807, 2.05) is 0 Å². The van der Waals surface area contributed by atoms with E-state index in [4.69, 9.17) is 11.0 Å². The molecule has 1 saturated heterocycles. The van der Waals surface area contributed by atoms with Gasteiger partial charge in [0, 0.05) is 19.1 Å². The lowest BCUT2D eigenvalue weighted by Gasteiger charge is -2.17. The normalized spacial score (nSPS) is 23.5. The summed E-state index contributed by atoms with van der Waals surface area (Å²) in [7, 11) is -4.07. The number of sulfonamides is 1. The summed E-state index contributed by atoms with van der Waals surface area (Å²) in [6, 6.07) is 3.45. The molecule has 2 N–H and O–H groups in total. The summed E-state index contributed by atoms with van der Waals surface area (Å²) >= 11 is 0. The van der Waals surface area contributed by atoms with Gasteiger partial charge >= 0.3 is 6.18 Å². The second-order valence-corrected chi connectivity index (χ2v) is 7.22. The van der Waals surface area contributed by atoms with Crippen molar-refractivity contribution in [1.29, 1.82) is 5.26 Å². The van der Waals surface area contributed by atoms with E-state index in [0.29, 0.717) is 6.07 Å². The van der Waals surface area contributed by atoms with E-state index in [1.54, 1.807) is 6.92 Å². The first-order valence-electron chi connectivity index (χ1n) is 6.44. The highest BCUT2D eigenvalue weighted by Crippen LogP contribution is 2.34. The van der Waals surface area contributed by atoms with E-state index in [1.165, 1.54) is 6.07 Å². The minimum Gasteiger partial charge on any atom is -0.326 e. The van der Waals surface area contributed by atoms with Gasteiger partial charge in [0.2, 0.25) is 10.0 Å². The molecule has 120 valence electrons. The summed E-state index contributed by atoms with van der Waals surface area (Å²) in [5.41, 5.74) is 3.89. The highest BCUT2D eigenvalue weighted by Gasteiger charge is 2.38. The topological polar surface area (TPSA) is 87.2 Å². The molecule has 0 amide bonds. The van der Waals surface area contributed by atoms with Crippen LogP contribution in [-0.4, -0.2) is 31.9 Å². The Kier molecular flexibility index (Phi) is 4.21. The molecule has 0 spiro atoms. The molecule has 1 aromatic rings. The van der Waals surface area contributed by atoms with Gasteiger partial charge in [0.1, 0.15) is 0 Å². The number of hydrogen-bond donors (Lipinski definition) is 1. The number of nitrogens with two attached hydrogens (primary N) is 1. The standard InChI is InChI=1S/C13H14F3N3O2S/c1-8-6-19(7-12(8)18)22(20,21)10-3-2-9(5-17)11(4-10)13(14,15)16/h2-4,8,12H,6-7,18H2,1H3/t8-,12-/m1/s1. The molecule has 1 fully saturated rings. The van der Waals surface area contributed by atoms with Gasteiger partial charge in [-0.15, -0.1) is 0 Å².